The van der Waals surface area contributed by atoms with Crippen molar-refractivity contribution >= 4 is 57.7 Å². The lowest BCUT2D eigenvalue weighted by molar-refractivity contribution is 0.101. The lowest BCUT2D eigenvalue weighted by Crippen LogP contribution is -2.07. The summed E-state index contributed by atoms with van der Waals surface area (Å²) in [7, 11) is 0. The van der Waals surface area contributed by atoms with Crippen molar-refractivity contribution in [2.24, 2.45) is 5.92 Å². The van der Waals surface area contributed by atoms with Gasteiger partial charge >= 0.3 is 0 Å². The number of carbonyl (C=O) groups is 1. The number of halogens is 3. The van der Waals surface area contributed by atoms with Gasteiger partial charge in [0.1, 0.15) is 0 Å². The number of carbonyl (C=O) groups excluding carboxylic acids is 1. The van der Waals surface area contributed by atoms with Crippen LogP contribution in [0.15, 0.2) is 79.5 Å². The van der Waals surface area contributed by atoms with Crippen molar-refractivity contribution in [2.75, 3.05) is 10.6 Å². The average Bonchev–Trinajstić information content (AvgIpc) is 3.36. The zero-order chi connectivity index (χ0) is 25.5. The summed E-state index contributed by atoms with van der Waals surface area (Å²) >= 11 is 19.3. The number of aryl methyl sites for hydroxylation is 1. The van der Waals surface area contributed by atoms with Crippen LogP contribution >= 0.6 is 34.8 Å². The van der Waals surface area contributed by atoms with E-state index in [0.29, 0.717) is 21.3 Å². The molecular weight excluding hydrogens is 499 g/mol. The number of benzene rings is 3. The first-order chi connectivity index (χ1) is 16.5. The number of allylic oxidation sites excluding steroid dienone is 1. The van der Waals surface area contributed by atoms with Gasteiger partial charge in [-0.1, -0.05) is 54.6 Å². The molecule has 3 aromatic rings. The molecule has 1 aliphatic rings. The molecule has 0 bridgehead atoms. The van der Waals surface area contributed by atoms with Gasteiger partial charge in [0, 0.05) is 55.8 Å². The molecule has 1 aliphatic carbocycles. The van der Waals surface area contributed by atoms with Gasteiger partial charge < -0.3 is 10.6 Å². The Balaban J connectivity index is 1.53. The third kappa shape index (κ3) is 5.28. The molecule has 4 rings (SSSR count). The highest BCUT2D eigenvalue weighted by molar-refractivity contribution is 6.34. The van der Waals surface area contributed by atoms with Gasteiger partial charge in [0.05, 0.1) is 4.87 Å². The van der Waals surface area contributed by atoms with Crippen molar-refractivity contribution in [1.29, 1.82) is 0 Å². The van der Waals surface area contributed by atoms with Crippen LogP contribution < -0.4 is 10.6 Å². The second-order valence-corrected chi connectivity index (χ2v) is 10.9. The number of anilines is 2. The highest BCUT2D eigenvalue weighted by atomic mass is 35.5. The van der Waals surface area contributed by atoms with Gasteiger partial charge in [-0.25, -0.2) is 0 Å². The lowest BCUT2D eigenvalue weighted by Gasteiger charge is -2.17. The molecule has 0 saturated heterocycles. The summed E-state index contributed by atoms with van der Waals surface area (Å²) in [4.78, 5) is 11.5. The number of nitrogens with one attached hydrogen (secondary N) is 2. The Hall–Kier alpha value is -2.72. The van der Waals surface area contributed by atoms with Crippen molar-refractivity contribution in [2.45, 2.75) is 31.6 Å². The molecular formula is C29H27Cl3N2O. The van der Waals surface area contributed by atoms with Gasteiger partial charge in [-0.2, -0.15) is 0 Å². The molecule has 3 unspecified atom stereocenters. The Morgan fingerprint density at radius 3 is 2.26 bits per heavy atom. The molecule has 180 valence electrons. The fraction of sp³-hybridized carbons (Fsp3) is 0.207. The first-order valence-electron chi connectivity index (χ1n) is 11.3. The quantitative estimate of drug-likeness (QED) is 0.228. The summed E-state index contributed by atoms with van der Waals surface area (Å²) < 4.78 is 0. The lowest BCUT2D eigenvalue weighted by atomic mass is 10.0. The minimum Gasteiger partial charge on any atom is -0.359 e. The first kappa shape index (κ1) is 25.4. The molecule has 0 radical (unpaired) electrons. The van der Waals surface area contributed by atoms with Crippen LogP contribution in [-0.2, 0) is 0 Å². The zero-order valence-electron chi connectivity index (χ0n) is 19.9. The predicted octanol–water partition coefficient (Wildman–Crippen LogP) is 8.92. The number of para-hydroxylation sites is 1. The molecule has 0 amide bonds. The number of ketones is 1. The molecule has 1 saturated carbocycles. The highest BCUT2D eigenvalue weighted by Gasteiger charge is 2.62. The van der Waals surface area contributed by atoms with E-state index in [4.69, 9.17) is 34.8 Å². The Bertz CT molecular complexity index is 1330. The van der Waals surface area contributed by atoms with Crippen molar-refractivity contribution in [3.63, 3.8) is 0 Å². The molecule has 0 aromatic heterocycles. The summed E-state index contributed by atoms with van der Waals surface area (Å²) in [6.07, 6.45) is 0. The topological polar surface area (TPSA) is 41.1 Å². The van der Waals surface area contributed by atoms with E-state index in [2.05, 4.69) is 23.8 Å². The summed E-state index contributed by atoms with van der Waals surface area (Å²) in [5.74, 6) is 0.0469. The molecule has 0 aliphatic heterocycles. The maximum absolute atomic E-state index is 12.0. The Morgan fingerprint density at radius 2 is 1.60 bits per heavy atom. The number of rotatable bonds is 8. The van der Waals surface area contributed by atoms with Gasteiger partial charge in [0.2, 0.25) is 0 Å². The fourth-order valence-corrected chi connectivity index (χ4v) is 5.70. The summed E-state index contributed by atoms with van der Waals surface area (Å²) in [6, 6.07) is 19.0. The van der Waals surface area contributed by atoms with Gasteiger partial charge in [0.15, 0.2) is 5.78 Å². The van der Waals surface area contributed by atoms with Gasteiger partial charge in [-0.3, -0.25) is 4.79 Å². The highest BCUT2D eigenvalue weighted by Crippen LogP contribution is 2.64. The van der Waals surface area contributed by atoms with Crippen LogP contribution in [0.2, 0.25) is 10.0 Å². The van der Waals surface area contributed by atoms with E-state index in [0.717, 1.165) is 33.8 Å². The minimum absolute atomic E-state index is 0.00607. The normalized spacial score (nSPS) is 20.7. The summed E-state index contributed by atoms with van der Waals surface area (Å²) in [6.45, 7) is 14.1. The summed E-state index contributed by atoms with van der Waals surface area (Å²) in [5.41, 5.74) is 6.73. The Labute approximate surface area is 221 Å². The van der Waals surface area contributed by atoms with Crippen LogP contribution in [0, 0.1) is 12.8 Å². The van der Waals surface area contributed by atoms with E-state index >= 15 is 0 Å². The molecule has 3 atom stereocenters. The van der Waals surface area contributed by atoms with Crippen molar-refractivity contribution in [3.05, 3.63) is 112 Å². The van der Waals surface area contributed by atoms with E-state index in [1.54, 1.807) is 19.1 Å². The number of hydrogen-bond donors (Lipinski definition) is 2. The maximum atomic E-state index is 12.0. The van der Waals surface area contributed by atoms with E-state index in [1.165, 1.54) is 0 Å². The van der Waals surface area contributed by atoms with E-state index in [9.17, 15) is 4.79 Å². The Morgan fingerprint density at radius 1 is 0.943 bits per heavy atom. The van der Waals surface area contributed by atoms with Crippen LogP contribution in [0.3, 0.4) is 0 Å². The second-order valence-electron chi connectivity index (χ2n) is 9.19. The van der Waals surface area contributed by atoms with Crippen molar-refractivity contribution < 1.29 is 4.79 Å². The van der Waals surface area contributed by atoms with Gasteiger partial charge in [-0.05, 0) is 74.4 Å². The largest absolute Gasteiger partial charge is 0.359 e. The third-order valence-corrected chi connectivity index (χ3v) is 7.43. The van der Waals surface area contributed by atoms with Crippen LogP contribution in [0.4, 0.5) is 11.4 Å². The first-order valence-corrected chi connectivity index (χ1v) is 12.4. The third-order valence-electron chi connectivity index (χ3n) is 6.52. The van der Waals surface area contributed by atoms with Crippen LogP contribution in [0.5, 0.6) is 0 Å². The molecule has 35 heavy (non-hydrogen) atoms. The monoisotopic (exact) mass is 524 g/mol. The second kappa shape index (κ2) is 9.73. The SMILES string of the molecule is C=C(Nc1ccccc1C(C)=O)c1cc(NC(=C)C2C(c3cc(Cl)cc(Cl)c3)C2(C)Cl)ccc1C. The molecule has 1 fully saturated rings. The minimum atomic E-state index is -0.493. The smallest absolute Gasteiger partial charge is 0.161 e. The van der Waals surface area contributed by atoms with Crippen LogP contribution in [-0.4, -0.2) is 10.7 Å². The molecule has 0 spiro atoms. The summed E-state index contributed by atoms with van der Waals surface area (Å²) in [5, 5.41) is 7.92. The molecule has 3 aromatic carbocycles. The Kier molecular flexibility index (Phi) is 7.06. The van der Waals surface area contributed by atoms with Gasteiger partial charge in [0.25, 0.3) is 0 Å². The number of alkyl halides is 1. The number of hydrogen-bond acceptors (Lipinski definition) is 3. The molecule has 0 heterocycles. The molecule has 3 nitrogen and oxygen atoms in total. The molecule has 6 heteroatoms. The van der Waals surface area contributed by atoms with Crippen LogP contribution in [0.1, 0.15) is 46.8 Å². The fourth-order valence-electron chi connectivity index (χ4n) is 4.71. The maximum Gasteiger partial charge on any atom is 0.161 e. The number of Topliss-reactive ketones (excluding diaryl/α,β-unsaturated/α-hetero) is 1. The van der Waals surface area contributed by atoms with Crippen molar-refractivity contribution in [3.8, 4) is 0 Å². The molecule has 2 N–H and O–H groups in total. The average molecular weight is 526 g/mol. The van der Waals surface area contributed by atoms with E-state index in [-0.39, 0.29) is 17.6 Å². The van der Waals surface area contributed by atoms with Gasteiger partial charge in [-0.15, -0.1) is 11.6 Å². The van der Waals surface area contributed by atoms with Crippen LogP contribution in [0.25, 0.3) is 5.70 Å². The predicted molar refractivity (Wildman–Crippen MR) is 150 cm³/mol. The zero-order valence-corrected chi connectivity index (χ0v) is 22.2. The van der Waals surface area contributed by atoms with Crippen molar-refractivity contribution in [1.82, 2.24) is 0 Å². The van der Waals surface area contributed by atoms with E-state index < -0.39 is 4.87 Å². The van der Waals surface area contributed by atoms with E-state index in [1.807, 2.05) is 62.4 Å². The standard InChI is InChI=1S/C29H27Cl3N2O/c1-16-10-11-23(15-25(16)17(2)34-26-9-7-6-8-24(26)19(4)35)33-18(3)27-28(29(27,5)32)20-12-21(30)14-22(31)13-20/h6-15,27-28,33-34H,2-3H2,1,4-5H3.